The molecule has 1 N–H and O–H groups in total. The number of ether oxygens (including phenoxy) is 1. The number of rotatable bonds is 4. The number of likely N-dealkylation sites (tertiary alicyclic amines) is 1. The van der Waals surface area contributed by atoms with E-state index in [2.05, 4.69) is 23.7 Å². The van der Waals surface area contributed by atoms with Crippen LogP contribution in [-0.4, -0.2) is 41.6 Å². The van der Waals surface area contributed by atoms with E-state index in [1.807, 2.05) is 18.2 Å². The van der Waals surface area contributed by atoms with E-state index in [1.165, 1.54) is 19.5 Å². The third-order valence-electron chi connectivity index (χ3n) is 3.99. The van der Waals surface area contributed by atoms with Crippen LogP contribution in [0.25, 0.3) is 11.0 Å². The molecular weight excluding hydrogens is 250 g/mol. The summed E-state index contributed by atoms with van der Waals surface area (Å²) < 4.78 is 5.26. The molecule has 1 aliphatic heterocycles. The van der Waals surface area contributed by atoms with Gasteiger partial charge in [0.15, 0.2) is 0 Å². The predicted octanol–water partition coefficient (Wildman–Crippen LogP) is 3.02. The molecule has 2 aromatic rings. The number of H-pyrrole nitrogens is 1. The molecule has 108 valence electrons. The van der Waals surface area contributed by atoms with Gasteiger partial charge in [-0.2, -0.15) is 0 Å². The van der Waals surface area contributed by atoms with Crippen molar-refractivity contribution in [3.8, 4) is 5.75 Å². The second-order valence-electron chi connectivity index (χ2n) is 6.14. The van der Waals surface area contributed by atoms with Crippen molar-refractivity contribution in [2.24, 2.45) is 5.92 Å². The predicted molar refractivity (Wildman–Crippen MR) is 81.3 cm³/mol. The summed E-state index contributed by atoms with van der Waals surface area (Å²) in [6.45, 7) is 8.05. The Morgan fingerprint density at radius 1 is 1.45 bits per heavy atom. The van der Waals surface area contributed by atoms with Crippen LogP contribution in [0.4, 0.5) is 0 Å². The van der Waals surface area contributed by atoms with Gasteiger partial charge in [0, 0.05) is 25.1 Å². The van der Waals surface area contributed by atoms with Gasteiger partial charge in [-0.25, -0.2) is 4.98 Å². The maximum atomic E-state index is 5.26. The van der Waals surface area contributed by atoms with Crippen LogP contribution in [0.15, 0.2) is 18.2 Å². The lowest BCUT2D eigenvalue weighted by Gasteiger charge is -2.17. The topological polar surface area (TPSA) is 41.1 Å². The van der Waals surface area contributed by atoms with Crippen LogP contribution >= 0.6 is 0 Å². The van der Waals surface area contributed by atoms with Crippen LogP contribution in [0.1, 0.15) is 32.0 Å². The van der Waals surface area contributed by atoms with E-state index in [0.29, 0.717) is 5.92 Å². The number of nitrogens with one attached hydrogen (secondary N) is 1. The largest absolute Gasteiger partial charge is 0.497 e. The Morgan fingerprint density at radius 3 is 3.05 bits per heavy atom. The van der Waals surface area contributed by atoms with Gasteiger partial charge in [0.25, 0.3) is 0 Å². The van der Waals surface area contributed by atoms with Gasteiger partial charge in [0.05, 0.1) is 18.1 Å². The number of hydrogen-bond donors (Lipinski definition) is 1. The first-order chi connectivity index (χ1) is 9.65. The highest BCUT2D eigenvalue weighted by Gasteiger charge is 2.26. The van der Waals surface area contributed by atoms with Crippen LogP contribution in [-0.2, 0) is 0 Å². The Labute approximate surface area is 120 Å². The van der Waals surface area contributed by atoms with Crippen molar-refractivity contribution in [3.63, 3.8) is 0 Å². The fraction of sp³-hybridized carbons (Fsp3) is 0.562. The molecule has 0 aliphatic carbocycles. The van der Waals surface area contributed by atoms with E-state index < -0.39 is 0 Å². The van der Waals surface area contributed by atoms with Crippen LogP contribution in [0.2, 0.25) is 0 Å². The Kier molecular flexibility index (Phi) is 3.66. The number of nitrogens with zero attached hydrogens (tertiary/aromatic N) is 2. The maximum Gasteiger partial charge on any atom is 0.121 e. The number of methoxy groups -OCH3 is 1. The van der Waals surface area contributed by atoms with Gasteiger partial charge in [0.1, 0.15) is 11.6 Å². The summed E-state index contributed by atoms with van der Waals surface area (Å²) >= 11 is 0. The number of fused-ring (bicyclic) bond motifs is 1. The molecule has 4 nitrogen and oxygen atoms in total. The minimum Gasteiger partial charge on any atom is -0.497 e. The van der Waals surface area contributed by atoms with Crippen molar-refractivity contribution < 1.29 is 4.74 Å². The van der Waals surface area contributed by atoms with Crippen LogP contribution in [0, 0.1) is 5.92 Å². The zero-order valence-electron chi connectivity index (χ0n) is 12.5. The van der Waals surface area contributed by atoms with E-state index in [4.69, 9.17) is 9.72 Å². The lowest BCUT2D eigenvalue weighted by molar-refractivity contribution is 0.294. The fourth-order valence-corrected chi connectivity index (χ4v) is 3.07. The van der Waals surface area contributed by atoms with Crippen molar-refractivity contribution in [2.75, 3.05) is 26.7 Å². The monoisotopic (exact) mass is 273 g/mol. The van der Waals surface area contributed by atoms with Gasteiger partial charge in [-0.05, 0) is 31.0 Å². The average molecular weight is 273 g/mol. The summed E-state index contributed by atoms with van der Waals surface area (Å²) in [6.07, 6.45) is 1.20. The third kappa shape index (κ3) is 2.66. The summed E-state index contributed by atoms with van der Waals surface area (Å²) in [5, 5.41) is 0. The molecule has 1 aromatic carbocycles. The molecule has 20 heavy (non-hydrogen) atoms. The normalized spacial score (nSPS) is 20.1. The molecular formula is C16H23N3O. The number of benzene rings is 1. The first-order valence-corrected chi connectivity index (χ1v) is 7.41. The average Bonchev–Trinajstić information content (AvgIpc) is 3.02. The van der Waals surface area contributed by atoms with Gasteiger partial charge < -0.3 is 14.6 Å². The molecule has 3 rings (SSSR count). The van der Waals surface area contributed by atoms with Crippen LogP contribution in [0.3, 0.4) is 0 Å². The summed E-state index contributed by atoms with van der Waals surface area (Å²) in [5.74, 6) is 3.26. The number of imidazole rings is 1. The summed E-state index contributed by atoms with van der Waals surface area (Å²) in [6, 6.07) is 6.01. The van der Waals surface area contributed by atoms with Crippen molar-refractivity contribution in [2.45, 2.75) is 26.2 Å². The molecule has 0 saturated carbocycles. The molecule has 4 heteroatoms. The summed E-state index contributed by atoms with van der Waals surface area (Å²) in [7, 11) is 1.69. The maximum absolute atomic E-state index is 5.26. The van der Waals surface area contributed by atoms with Gasteiger partial charge in [-0.3, -0.25) is 0 Å². The molecule has 0 unspecified atom stereocenters. The van der Waals surface area contributed by atoms with E-state index in [9.17, 15) is 0 Å². The molecule has 1 fully saturated rings. The Balaban J connectivity index is 1.77. The van der Waals surface area contributed by atoms with E-state index >= 15 is 0 Å². The first kappa shape index (κ1) is 13.4. The zero-order chi connectivity index (χ0) is 14.1. The van der Waals surface area contributed by atoms with E-state index in [-0.39, 0.29) is 0 Å². The molecule has 1 atom stereocenters. The zero-order valence-corrected chi connectivity index (χ0v) is 12.5. The van der Waals surface area contributed by atoms with Crippen molar-refractivity contribution in [3.05, 3.63) is 24.0 Å². The van der Waals surface area contributed by atoms with Crippen molar-refractivity contribution >= 4 is 11.0 Å². The number of hydrogen-bond acceptors (Lipinski definition) is 3. The highest BCUT2D eigenvalue weighted by Crippen LogP contribution is 2.28. The van der Waals surface area contributed by atoms with E-state index in [0.717, 1.165) is 35.1 Å². The molecule has 0 radical (unpaired) electrons. The molecule has 1 saturated heterocycles. The summed E-state index contributed by atoms with van der Waals surface area (Å²) in [4.78, 5) is 10.8. The Morgan fingerprint density at radius 2 is 2.30 bits per heavy atom. The molecule has 1 aliphatic rings. The van der Waals surface area contributed by atoms with Gasteiger partial charge >= 0.3 is 0 Å². The molecule has 2 heterocycles. The van der Waals surface area contributed by atoms with Crippen molar-refractivity contribution in [1.29, 1.82) is 0 Å². The van der Waals surface area contributed by atoms with Crippen molar-refractivity contribution in [1.82, 2.24) is 14.9 Å². The standard InChI is InChI=1S/C16H23N3O/c1-11(2)9-19-7-6-12(10-19)16-17-14-5-4-13(20-3)8-15(14)18-16/h4-5,8,11-12H,6-7,9-10H2,1-3H3,(H,17,18)/t12-/m0/s1. The lowest BCUT2D eigenvalue weighted by Crippen LogP contribution is -2.25. The quantitative estimate of drug-likeness (QED) is 0.931. The fourth-order valence-electron chi connectivity index (χ4n) is 3.07. The molecule has 0 amide bonds. The van der Waals surface area contributed by atoms with Gasteiger partial charge in [-0.1, -0.05) is 13.8 Å². The third-order valence-corrected chi connectivity index (χ3v) is 3.99. The smallest absolute Gasteiger partial charge is 0.121 e. The SMILES string of the molecule is COc1ccc2nc([C@H]3CCN(CC(C)C)C3)[nH]c2c1. The first-order valence-electron chi connectivity index (χ1n) is 7.41. The highest BCUT2D eigenvalue weighted by atomic mass is 16.5. The van der Waals surface area contributed by atoms with E-state index in [1.54, 1.807) is 7.11 Å². The second kappa shape index (κ2) is 5.44. The van der Waals surface area contributed by atoms with Gasteiger partial charge in [-0.15, -0.1) is 0 Å². The molecule has 1 aromatic heterocycles. The lowest BCUT2D eigenvalue weighted by atomic mass is 10.1. The second-order valence-corrected chi connectivity index (χ2v) is 6.14. The Bertz CT molecular complexity index is 590. The minimum atomic E-state index is 0.534. The highest BCUT2D eigenvalue weighted by molar-refractivity contribution is 5.76. The molecule has 0 bridgehead atoms. The number of aromatic nitrogens is 2. The van der Waals surface area contributed by atoms with Crippen LogP contribution < -0.4 is 4.74 Å². The minimum absolute atomic E-state index is 0.534. The number of aromatic amines is 1. The van der Waals surface area contributed by atoms with Gasteiger partial charge in [0.2, 0.25) is 0 Å². The summed E-state index contributed by atoms with van der Waals surface area (Å²) in [5.41, 5.74) is 2.10. The van der Waals surface area contributed by atoms with Crippen LogP contribution in [0.5, 0.6) is 5.75 Å². The molecule has 0 spiro atoms. The Hall–Kier alpha value is -1.55.